The number of rotatable bonds is 5. The minimum Gasteiger partial charge on any atom is -0.481 e. The number of alkyl halides is 3. The van der Waals surface area contributed by atoms with Crippen molar-refractivity contribution in [1.82, 2.24) is 14.7 Å². The molecule has 186 valence electrons. The largest absolute Gasteiger partial charge is 0.481 e. The molecule has 0 spiro atoms. The maximum Gasteiger partial charge on any atom is 0.435 e. The normalized spacial score (nSPS) is 30.5. The SMILES string of the molecule is O=C(O)C1C2C3C[C@@H]1C(CC(=O)N1CCc4c(C(F)(F)F)nn(Cc5ccc(Cl)cc5F)c4C1)C32. The van der Waals surface area contributed by atoms with Gasteiger partial charge < -0.3 is 10.0 Å². The molecule has 4 aliphatic carbocycles. The van der Waals surface area contributed by atoms with Crippen LogP contribution < -0.4 is 0 Å². The summed E-state index contributed by atoms with van der Waals surface area (Å²) in [6.45, 7) is -0.142. The van der Waals surface area contributed by atoms with Crippen molar-refractivity contribution in [2.45, 2.75) is 38.5 Å². The summed E-state index contributed by atoms with van der Waals surface area (Å²) in [6, 6.07) is 3.95. The highest BCUT2D eigenvalue weighted by Gasteiger charge is 2.75. The summed E-state index contributed by atoms with van der Waals surface area (Å²) in [4.78, 5) is 26.3. The summed E-state index contributed by atoms with van der Waals surface area (Å²) in [5.41, 5.74) is -0.584. The third-order valence-corrected chi connectivity index (χ3v) is 8.78. The molecule has 5 unspecified atom stereocenters. The number of carboxylic acids is 1. The highest BCUT2D eigenvalue weighted by molar-refractivity contribution is 6.30. The van der Waals surface area contributed by atoms with Crippen LogP contribution in [0.1, 0.15) is 35.4 Å². The number of fused-ring (bicyclic) bond motifs is 1. The summed E-state index contributed by atoms with van der Waals surface area (Å²) in [6.07, 6.45) is -3.60. The Morgan fingerprint density at radius 3 is 2.60 bits per heavy atom. The molecule has 1 aliphatic heterocycles. The van der Waals surface area contributed by atoms with Crippen LogP contribution in [-0.4, -0.2) is 38.2 Å². The Morgan fingerprint density at radius 1 is 1.20 bits per heavy atom. The fourth-order valence-electron chi connectivity index (χ4n) is 7.15. The molecular formula is C24H22ClF4N3O3. The fraction of sp³-hybridized carbons (Fsp3) is 0.542. The second-order valence-electron chi connectivity index (χ2n) is 10.2. The van der Waals surface area contributed by atoms with Crippen LogP contribution in [0.5, 0.6) is 0 Å². The fourth-order valence-corrected chi connectivity index (χ4v) is 7.31. The van der Waals surface area contributed by atoms with Gasteiger partial charge in [0.25, 0.3) is 0 Å². The van der Waals surface area contributed by atoms with Crippen molar-refractivity contribution >= 4 is 23.5 Å². The number of carboxylic acid groups (broad SMARTS) is 1. The number of aliphatic carboxylic acids is 1. The molecule has 4 saturated carbocycles. The van der Waals surface area contributed by atoms with E-state index in [2.05, 4.69) is 5.10 Å². The van der Waals surface area contributed by atoms with Gasteiger partial charge in [-0.1, -0.05) is 17.7 Å². The average molecular weight is 512 g/mol. The van der Waals surface area contributed by atoms with Crippen molar-refractivity contribution in [3.63, 3.8) is 0 Å². The Kier molecular flexibility index (Phi) is 5.01. The molecular weight excluding hydrogens is 490 g/mol. The zero-order valence-electron chi connectivity index (χ0n) is 18.4. The molecule has 4 fully saturated rings. The number of carbonyl (C=O) groups excluding carboxylic acids is 1. The average Bonchev–Trinajstić information content (AvgIpc) is 3.14. The molecule has 1 aromatic heterocycles. The van der Waals surface area contributed by atoms with Crippen LogP contribution in [0.25, 0.3) is 0 Å². The van der Waals surface area contributed by atoms with E-state index in [-0.39, 0.29) is 89.8 Å². The van der Waals surface area contributed by atoms with Crippen molar-refractivity contribution in [2.75, 3.05) is 6.54 Å². The number of carbonyl (C=O) groups is 2. The Labute approximate surface area is 202 Å². The summed E-state index contributed by atoms with van der Waals surface area (Å²) in [5.74, 6) is -1.11. The quantitative estimate of drug-likeness (QED) is 0.610. The zero-order chi connectivity index (χ0) is 24.8. The van der Waals surface area contributed by atoms with Crippen LogP contribution in [0.2, 0.25) is 5.02 Å². The first-order chi connectivity index (χ1) is 16.5. The standard InChI is InChI=1S/C24H22ClF4N3O3/c25-11-2-1-10(16(26)5-11)8-32-17-9-31(4-3-12(17)22(30-32)24(27,28)29)18(33)7-14-13-6-15-19(14)20(15)21(13)23(34)35/h1-2,5,13-15,19-21H,3-4,6-9H2,(H,34,35)/t13-,14?,15?,19?,20?,21?/m1/s1. The summed E-state index contributed by atoms with van der Waals surface area (Å²) in [7, 11) is 0. The predicted molar refractivity (Wildman–Crippen MR) is 115 cm³/mol. The van der Waals surface area contributed by atoms with Gasteiger partial charge >= 0.3 is 12.1 Å². The monoisotopic (exact) mass is 511 g/mol. The first-order valence-electron chi connectivity index (χ1n) is 11.6. The molecule has 1 amide bonds. The molecule has 2 heterocycles. The maximum atomic E-state index is 14.4. The summed E-state index contributed by atoms with van der Waals surface area (Å²) >= 11 is 5.79. The molecule has 2 aromatic rings. The van der Waals surface area contributed by atoms with Gasteiger partial charge in [0.15, 0.2) is 5.69 Å². The molecule has 0 saturated heterocycles. The Hall–Kier alpha value is -2.62. The first-order valence-corrected chi connectivity index (χ1v) is 12.0. The zero-order valence-corrected chi connectivity index (χ0v) is 19.2. The minimum absolute atomic E-state index is 0.000455. The molecule has 7 rings (SSSR count). The number of hydrogen-bond acceptors (Lipinski definition) is 3. The molecule has 4 bridgehead atoms. The molecule has 35 heavy (non-hydrogen) atoms. The van der Waals surface area contributed by atoms with E-state index in [1.165, 1.54) is 17.0 Å². The topological polar surface area (TPSA) is 75.4 Å². The van der Waals surface area contributed by atoms with Crippen molar-refractivity contribution in [3.05, 3.63) is 51.6 Å². The Bertz CT molecular complexity index is 1250. The van der Waals surface area contributed by atoms with Crippen LogP contribution in [0.15, 0.2) is 18.2 Å². The lowest BCUT2D eigenvalue weighted by atomic mass is 9.88. The maximum absolute atomic E-state index is 14.4. The number of amides is 1. The molecule has 1 N–H and O–H groups in total. The van der Waals surface area contributed by atoms with Gasteiger partial charge in [0, 0.05) is 29.1 Å². The predicted octanol–water partition coefficient (Wildman–Crippen LogP) is 4.23. The van der Waals surface area contributed by atoms with Gasteiger partial charge in [-0.15, -0.1) is 0 Å². The van der Waals surface area contributed by atoms with Crippen LogP contribution in [0, 0.1) is 41.3 Å². The molecule has 6 atom stereocenters. The third kappa shape index (κ3) is 3.55. The van der Waals surface area contributed by atoms with Crippen molar-refractivity contribution < 1.29 is 32.3 Å². The Morgan fingerprint density at radius 2 is 1.97 bits per heavy atom. The minimum atomic E-state index is -4.67. The number of hydrogen-bond donors (Lipinski definition) is 1. The molecule has 6 nitrogen and oxygen atoms in total. The van der Waals surface area contributed by atoms with Gasteiger partial charge in [0.1, 0.15) is 5.82 Å². The molecule has 5 aliphatic rings. The first kappa shape index (κ1) is 22.8. The second-order valence-corrected chi connectivity index (χ2v) is 10.6. The van der Waals surface area contributed by atoms with Crippen LogP contribution in [-0.2, 0) is 35.3 Å². The molecule has 11 heteroatoms. The number of aromatic nitrogens is 2. The lowest BCUT2D eigenvalue weighted by molar-refractivity contribution is -0.144. The van der Waals surface area contributed by atoms with Gasteiger partial charge in [-0.3, -0.25) is 14.3 Å². The molecule has 1 aromatic carbocycles. The smallest absolute Gasteiger partial charge is 0.435 e. The van der Waals surface area contributed by atoms with E-state index in [4.69, 9.17) is 11.6 Å². The van der Waals surface area contributed by atoms with Crippen molar-refractivity contribution in [1.29, 1.82) is 0 Å². The van der Waals surface area contributed by atoms with E-state index in [0.717, 1.165) is 17.2 Å². The van der Waals surface area contributed by atoms with Crippen molar-refractivity contribution in [2.24, 2.45) is 35.5 Å². The van der Waals surface area contributed by atoms with E-state index < -0.39 is 23.7 Å². The van der Waals surface area contributed by atoms with E-state index >= 15 is 0 Å². The van der Waals surface area contributed by atoms with Gasteiger partial charge in [0.05, 0.1) is 24.7 Å². The van der Waals surface area contributed by atoms with E-state index in [1.54, 1.807) is 0 Å². The number of nitrogens with zero attached hydrogens (tertiary/aromatic N) is 3. The van der Waals surface area contributed by atoms with Crippen LogP contribution in [0.3, 0.4) is 0 Å². The highest BCUT2D eigenvalue weighted by Crippen LogP contribution is 2.76. The van der Waals surface area contributed by atoms with Gasteiger partial charge in [-0.2, -0.15) is 18.3 Å². The van der Waals surface area contributed by atoms with Crippen LogP contribution in [0.4, 0.5) is 17.6 Å². The van der Waals surface area contributed by atoms with Gasteiger partial charge in [-0.25, -0.2) is 4.39 Å². The molecule has 0 radical (unpaired) electrons. The summed E-state index contributed by atoms with van der Waals surface area (Å²) < 4.78 is 56.6. The second kappa shape index (κ2) is 7.69. The van der Waals surface area contributed by atoms with Crippen molar-refractivity contribution in [3.8, 4) is 0 Å². The van der Waals surface area contributed by atoms with E-state index in [9.17, 15) is 32.3 Å². The van der Waals surface area contributed by atoms with Crippen LogP contribution >= 0.6 is 11.6 Å². The number of benzene rings is 1. The number of halogens is 5. The highest BCUT2D eigenvalue weighted by atomic mass is 35.5. The Balaban J connectivity index is 1.24. The van der Waals surface area contributed by atoms with Gasteiger partial charge in [-0.05, 0) is 54.6 Å². The van der Waals surface area contributed by atoms with Gasteiger partial charge in [0.2, 0.25) is 5.91 Å². The lowest BCUT2D eigenvalue weighted by Crippen LogP contribution is -2.38. The lowest BCUT2D eigenvalue weighted by Gasteiger charge is -2.30. The van der Waals surface area contributed by atoms with E-state index in [0.29, 0.717) is 5.92 Å². The summed E-state index contributed by atoms with van der Waals surface area (Å²) in [5, 5.41) is 13.5. The third-order valence-electron chi connectivity index (χ3n) is 8.55. The van der Waals surface area contributed by atoms with E-state index in [1.807, 2.05) is 0 Å².